The van der Waals surface area contributed by atoms with E-state index >= 15 is 0 Å². The fourth-order valence-corrected chi connectivity index (χ4v) is 4.34. The Kier molecular flexibility index (Phi) is 3.63. The van der Waals surface area contributed by atoms with Crippen LogP contribution < -0.4 is 5.32 Å². The standard InChI is InChI=1S/C25H19NO2/c27-19-13-9-17(10-14-19)25(18-11-15-20(28)16-12-18)21-5-1-3-7-23(21)26-24-8-4-2-6-22(24)25/h1-16,26-28H. The van der Waals surface area contributed by atoms with Crippen LogP contribution in [-0.2, 0) is 5.41 Å². The second kappa shape index (κ2) is 6.17. The second-order valence-corrected chi connectivity index (χ2v) is 7.06. The summed E-state index contributed by atoms with van der Waals surface area (Å²) in [5, 5.41) is 23.3. The molecule has 3 nitrogen and oxygen atoms in total. The maximum atomic E-state index is 9.89. The van der Waals surface area contributed by atoms with Crippen LogP contribution >= 0.6 is 0 Å². The fourth-order valence-electron chi connectivity index (χ4n) is 4.34. The second-order valence-electron chi connectivity index (χ2n) is 7.06. The summed E-state index contributed by atoms with van der Waals surface area (Å²) in [4.78, 5) is 0. The summed E-state index contributed by atoms with van der Waals surface area (Å²) in [6.07, 6.45) is 0. The average Bonchev–Trinajstić information content (AvgIpc) is 2.73. The highest BCUT2D eigenvalue weighted by Gasteiger charge is 2.43. The van der Waals surface area contributed by atoms with E-state index < -0.39 is 5.41 Å². The average molecular weight is 365 g/mol. The summed E-state index contributed by atoms with van der Waals surface area (Å²) in [5.74, 6) is 0.472. The van der Waals surface area contributed by atoms with Crippen molar-refractivity contribution in [2.45, 2.75) is 5.41 Å². The van der Waals surface area contributed by atoms with Crippen LogP contribution in [0.15, 0.2) is 97.1 Å². The number of phenolic OH excluding ortho intramolecular Hbond substituents is 2. The topological polar surface area (TPSA) is 52.5 Å². The van der Waals surface area contributed by atoms with Gasteiger partial charge in [0.15, 0.2) is 0 Å². The number of hydrogen-bond acceptors (Lipinski definition) is 3. The van der Waals surface area contributed by atoms with Crippen molar-refractivity contribution in [1.82, 2.24) is 0 Å². The highest BCUT2D eigenvalue weighted by molar-refractivity contribution is 5.81. The lowest BCUT2D eigenvalue weighted by molar-refractivity contribution is 0.474. The van der Waals surface area contributed by atoms with Gasteiger partial charge in [-0.25, -0.2) is 0 Å². The fraction of sp³-hybridized carbons (Fsp3) is 0.0400. The third-order valence-corrected chi connectivity index (χ3v) is 5.53. The van der Waals surface area contributed by atoms with Crippen LogP contribution in [0.25, 0.3) is 0 Å². The van der Waals surface area contributed by atoms with Gasteiger partial charge in [0.2, 0.25) is 0 Å². The van der Waals surface area contributed by atoms with E-state index in [1.54, 1.807) is 24.3 Å². The first-order chi connectivity index (χ1) is 13.7. The van der Waals surface area contributed by atoms with Crippen LogP contribution in [0.5, 0.6) is 11.5 Å². The number of nitrogens with one attached hydrogen (secondary N) is 1. The van der Waals surface area contributed by atoms with Crippen molar-refractivity contribution in [2.75, 3.05) is 5.32 Å². The maximum absolute atomic E-state index is 9.89. The Morgan fingerprint density at radius 2 is 0.893 bits per heavy atom. The molecule has 0 atom stereocenters. The number of fused-ring (bicyclic) bond motifs is 2. The molecule has 0 unspecified atom stereocenters. The third kappa shape index (κ3) is 2.30. The SMILES string of the molecule is Oc1ccc(C2(c3ccc(O)cc3)c3ccccc3Nc3ccccc32)cc1. The first kappa shape index (κ1) is 16.5. The molecule has 28 heavy (non-hydrogen) atoms. The Balaban J connectivity index is 1.94. The molecule has 0 saturated heterocycles. The lowest BCUT2D eigenvalue weighted by Gasteiger charge is -2.42. The molecule has 0 saturated carbocycles. The van der Waals surface area contributed by atoms with E-state index in [-0.39, 0.29) is 11.5 Å². The normalized spacial score (nSPS) is 13.9. The number of phenols is 2. The van der Waals surface area contributed by atoms with Gasteiger partial charge in [0.05, 0.1) is 5.41 Å². The Morgan fingerprint density at radius 1 is 0.500 bits per heavy atom. The number of rotatable bonds is 2. The molecule has 0 spiro atoms. The smallest absolute Gasteiger partial charge is 0.115 e. The van der Waals surface area contributed by atoms with Crippen molar-refractivity contribution in [2.24, 2.45) is 0 Å². The lowest BCUT2D eigenvalue weighted by atomic mass is 9.63. The molecule has 0 fully saturated rings. The zero-order valence-corrected chi connectivity index (χ0v) is 15.1. The van der Waals surface area contributed by atoms with Crippen LogP contribution in [0.2, 0.25) is 0 Å². The number of anilines is 2. The van der Waals surface area contributed by atoms with Crippen molar-refractivity contribution >= 4 is 11.4 Å². The first-order valence-electron chi connectivity index (χ1n) is 9.24. The predicted molar refractivity (Wildman–Crippen MR) is 111 cm³/mol. The van der Waals surface area contributed by atoms with Crippen molar-refractivity contribution in [3.63, 3.8) is 0 Å². The number of hydrogen-bond donors (Lipinski definition) is 3. The van der Waals surface area contributed by atoms with Gasteiger partial charge in [-0.3, -0.25) is 0 Å². The van der Waals surface area contributed by atoms with Gasteiger partial charge in [0.25, 0.3) is 0 Å². The maximum Gasteiger partial charge on any atom is 0.115 e. The molecular formula is C25H19NO2. The molecule has 0 aromatic heterocycles. The lowest BCUT2D eigenvalue weighted by Crippen LogP contribution is -2.35. The van der Waals surface area contributed by atoms with Crippen LogP contribution in [-0.4, -0.2) is 10.2 Å². The number of para-hydroxylation sites is 2. The van der Waals surface area contributed by atoms with E-state index in [0.717, 1.165) is 33.6 Å². The molecular weight excluding hydrogens is 346 g/mol. The van der Waals surface area contributed by atoms with E-state index in [2.05, 4.69) is 29.6 Å². The van der Waals surface area contributed by atoms with E-state index in [4.69, 9.17) is 0 Å². The Hall–Kier alpha value is -3.72. The van der Waals surface area contributed by atoms with Crippen LogP contribution in [0.4, 0.5) is 11.4 Å². The highest BCUT2D eigenvalue weighted by atomic mass is 16.3. The molecule has 136 valence electrons. The van der Waals surface area contributed by atoms with Crippen LogP contribution in [0.1, 0.15) is 22.3 Å². The minimum Gasteiger partial charge on any atom is -0.508 e. The van der Waals surface area contributed by atoms with E-state index in [1.807, 2.05) is 48.5 Å². The van der Waals surface area contributed by atoms with E-state index in [1.165, 1.54) is 0 Å². The molecule has 5 rings (SSSR count). The molecule has 0 radical (unpaired) electrons. The monoisotopic (exact) mass is 365 g/mol. The van der Waals surface area contributed by atoms with Crippen molar-refractivity contribution < 1.29 is 10.2 Å². The molecule has 4 aromatic carbocycles. The molecule has 1 heterocycles. The molecule has 0 amide bonds. The van der Waals surface area contributed by atoms with Crippen LogP contribution in [0, 0.1) is 0 Å². The van der Waals surface area contributed by atoms with Gasteiger partial charge in [-0.15, -0.1) is 0 Å². The largest absolute Gasteiger partial charge is 0.508 e. The predicted octanol–water partition coefficient (Wildman–Crippen LogP) is 5.54. The Bertz CT molecular complexity index is 1050. The first-order valence-corrected chi connectivity index (χ1v) is 9.24. The highest BCUT2D eigenvalue weighted by Crippen LogP contribution is 2.53. The summed E-state index contributed by atoms with van der Waals surface area (Å²) in [6, 6.07) is 31.4. The summed E-state index contributed by atoms with van der Waals surface area (Å²) in [5.41, 5.74) is 5.88. The van der Waals surface area contributed by atoms with Gasteiger partial charge in [-0.1, -0.05) is 60.7 Å². The van der Waals surface area contributed by atoms with Gasteiger partial charge < -0.3 is 15.5 Å². The summed E-state index contributed by atoms with van der Waals surface area (Å²) in [7, 11) is 0. The minimum atomic E-state index is -0.570. The molecule has 0 bridgehead atoms. The van der Waals surface area contributed by atoms with Gasteiger partial charge in [-0.05, 0) is 58.7 Å². The van der Waals surface area contributed by atoms with E-state index in [9.17, 15) is 10.2 Å². The van der Waals surface area contributed by atoms with Gasteiger partial charge in [0, 0.05) is 11.4 Å². The molecule has 1 aliphatic heterocycles. The number of aromatic hydroxyl groups is 2. The zero-order valence-electron chi connectivity index (χ0n) is 15.1. The molecule has 1 aliphatic rings. The molecule has 4 aromatic rings. The van der Waals surface area contributed by atoms with E-state index in [0.29, 0.717) is 0 Å². The summed E-state index contributed by atoms with van der Waals surface area (Å²) >= 11 is 0. The molecule has 0 aliphatic carbocycles. The summed E-state index contributed by atoms with van der Waals surface area (Å²) < 4.78 is 0. The minimum absolute atomic E-state index is 0.236. The molecule has 3 heteroatoms. The van der Waals surface area contributed by atoms with Crippen molar-refractivity contribution in [3.8, 4) is 11.5 Å². The number of benzene rings is 4. The quantitative estimate of drug-likeness (QED) is 0.385. The summed E-state index contributed by atoms with van der Waals surface area (Å²) in [6.45, 7) is 0. The Labute approximate surface area is 163 Å². The van der Waals surface area contributed by atoms with Gasteiger partial charge in [-0.2, -0.15) is 0 Å². The van der Waals surface area contributed by atoms with Gasteiger partial charge >= 0.3 is 0 Å². The Morgan fingerprint density at radius 3 is 1.32 bits per heavy atom. The van der Waals surface area contributed by atoms with Crippen molar-refractivity contribution in [1.29, 1.82) is 0 Å². The van der Waals surface area contributed by atoms with Crippen molar-refractivity contribution in [3.05, 3.63) is 119 Å². The van der Waals surface area contributed by atoms with Gasteiger partial charge in [0.1, 0.15) is 11.5 Å². The zero-order chi connectivity index (χ0) is 19.1. The van der Waals surface area contributed by atoms with Crippen LogP contribution in [0.3, 0.4) is 0 Å². The third-order valence-electron chi connectivity index (χ3n) is 5.53. The molecule has 3 N–H and O–H groups in total.